The Balaban J connectivity index is 1.35. The minimum Gasteiger partial charge on any atom is -0.490 e. The fraction of sp³-hybridized carbons (Fsp3) is 0.471. The molecule has 0 aromatic heterocycles. The first kappa shape index (κ1) is 30.1. The molecule has 0 aliphatic carbocycles. The maximum Gasteiger partial charge on any atom is 0.201 e. The molecule has 1 saturated heterocycles. The average molecular weight is 555 g/mol. The summed E-state index contributed by atoms with van der Waals surface area (Å²) in [6.45, 7) is 5.49. The highest BCUT2D eigenvalue weighted by atomic mass is 19.2. The van der Waals surface area contributed by atoms with Crippen molar-refractivity contribution in [3.05, 3.63) is 77.6 Å². The summed E-state index contributed by atoms with van der Waals surface area (Å²) in [6.07, 6.45) is 9.49. The Morgan fingerprint density at radius 1 is 0.700 bits per heavy atom. The van der Waals surface area contributed by atoms with E-state index < -0.39 is 11.6 Å². The van der Waals surface area contributed by atoms with E-state index in [-0.39, 0.29) is 29.3 Å². The van der Waals surface area contributed by atoms with Gasteiger partial charge in [-0.25, -0.2) is 8.78 Å². The van der Waals surface area contributed by atoms with Gasteiger partial charge in [0.1, 0.15) is 5.82 Å². The minimum atomic E-state index is -0.973. The Labute approximate surface area is 236 Å². The highest BCUT2D eigenvalue weighted by molar-refractivity contribution is 5.71. The van der Waals surface area contributed by atoms with Crippen molar-refractivity contribution in [1.29, 1.82) is 0 Å². The lowest BCUT2D eigenvalue weighted by molar-refractivity contribution is -0.190. The Morgan fingerprint density at radius 2 is 1.35 bits per heavy atom. The topological polar surface area (TPSA) is 27.7 Å². The van der Waals surface area contributed by atoms with Crippen LogP contribution in [0.3, 0.4) is 0 Å². The van der Waals surface area contributed by atoms with Gasteiger partial charge in [0.05, 0.1) is 19.8 Å². The second-order valence-corrected chi connectivity index (χ2v) is 10.6. The summed E-state index contributed by atoms with van der Waals surface area (Å²) < 4.78 is 61.7. The first-order valence-corrected chi connectivity index (χ1v) is 14.8. The van der Waals surface area contributed by atoms with Crippen LogP contribution >= 0.6 is 0 Å². The van der Waals surface area contributed by atoms with Gasteiger partial charge < -0.3 is 14.2 Å². The first-order valence-electron chi connectivity index (χ1n) is 14.8. The molecular formula is C34H41F3O3. The van der Waals surface area contributed by atoms with E-state index in [1.165, 1.54) is 37.8 Å². The zero-order valence-corrected chi connectivity index (χ0v) is 23.7. The van der Waals surface area contributed by atoms with Crippen molar-refractivity contribution in [1.82, 2.24) is 0 Å². The molecule has 1 aliphatic rings. The third-order valence-corrected chi connectivity index (χ3v) is 7.51. The van der Waals surface area contributed by atoms with Crippen LogP contribution < -0.4 is 4.74 Å². The van der Waals surface area contributed by atoms with Crippen molar-refractivity contribution in [3.8, 4) is 28.0 Å². The van der Waals surface area contributed by atoms with Gasteiger partial charge >= 0.3 is 0 Å². The van der Waals surface area contributed by atoms with Gasteiger partial charge in [0, 0.05) is 11.5 Å². The fourth-order valence-corrected chi connectivity index (χ4v) is 5.11. The van der Waals surface area contributed by atoms with Crippen molar-refractivity contribution < 1.29 is 27.4 Å². The van der Waals surface area contributed by atoms with Crippen molar-refractivity contribution in [2.24, 2.45) is 0 Å². The van der Waals surface area contributed by atoms with Crippen molar-refractivity contribution in [2.45, 2.75) is 83.8 Å². The van der Waals surface area contributed by atoms with E-state index in [9.17, 15) is 8.78 Å². The van der Waals surface area contributed by atoms with Gasteiger partial charge in [0.15, 0.2) is 17.9 Å². The number of rotatable bonds is 14. The molecule has 0 atom stereocenters. The predicted octanol–water partition coefficient (Wildman–Crippen LogP) is 9.82. The summed E-state index contributed by atoms with van der Waals surface area (Å²) >= 11 is 0. The van der Waals surface area contributed by atoms with Gasteiger partial charge in [0.25, 0.3) is 0 Å². The van der Waals surface area contributed by atoms with E-state index in [1.807, 2.05) is 6.07 Å². The molecule has 1 fully saturated rings. The maximum absolute atomic E-state index is 15.0. The van der Waals surface area contributed by atoms with Crippen molar-refractivity contribution >= 4 is 0 Å². The number of benzene rings is 3. The summed E-state index contributed by atoms with van der Waals surface area (Å²) in [5.41, 5.74) is 2.75. The Kier molecular flexibility index (Phi) is 11.5. The zero-order valence-electron chi connectivity index (χ0n) is 23.7. The van der Waals surface area contributed by atoms with Crippen LogP contribution in [-0.2, 0) is 9.47 Å². The van der Waals surface area contributed by atoms with Crippen LogP contribution in [0.25, 0.3) is 22.3 Å². The molecule has 40 heavy (non-hydrogen) atoms. The van der Waals surface area contributed by atoms with Gasteiger partial charge in [-0.1, -0.05) is 95.2 Å². The normalized spacial score (nSPS) is 17.2. The predicted molar refractivity (Wildman–Crippen MR) is 154 cm³/mol. The lowest BCUT2D eigenvalue weighted by atomic mass is 9.95. The number of hydrogen-bond acceptors (Lipinski definition) is 3. The molecule has 3 nitrogen and oxygen atoms in total. The average Bonchev–Trinajstić information content (AvgIpc) is 2.97. The smallest absolute Gasteiger partial charge is 0.201 e. The second-order valence-electron chi connectivity index (χ2n) is 10.6. The van der Waals surface area contributed by atoms with Crippen LogP contribution in [0, 0.1) is 17.5 Å². The summed E-state index contributed by atoms with van der Waals surface area (Å²) in [5, 5.41) is 0. The highest BCUT2D eigenvalue weighted by Crippen LogP contribution is 2.33. The summed E-state index contributed by atoms with van der Waals surface area (Å²) in [5.74, 6) is -2.43. The van der Waals surface area contributed by atoms with E-state index in [0.29, 0.717) is 36.5 Å². The summed E-state index contributed by atoms with van der Waals surface area (Å²) in [6, 6.07) is 15.2. The monoisotopic (exact) mass is 554 g/mol. The second kappa shape index (κ2) is 15.2. The maximum atomic E-state index is 15.0. The first-order chi connectivity index (χ1) is 19.5. The van der Waals surface area contributed by atoms with Gasteiger partial charge in [-0.15, -0.1) is 0 Å². The molecular weight excluding hydrogens is 513 g/mol. The molecule has 0 N–H and O–H groups in total. The lowest BCUT2D eigenvalue weighted by Gasteiger charge is -2.29. The molecule has 0 bridgehead atoms. The summed E-state index contributed by atoms with van der Waals surface area (Å²) in [7, 11) is 0. The molecule has 0 spiro atoms. The van der Waals surface area contributed by atoms with Crippen LogP contribution in [0.4, 0.5) is 13.2 Å². The van der Waals surface area contributed by atoms with Gasteiger partial charge in [-0.05, 0) is 53.3 Å². The van der Waals surface area contributed by atoms with E-state index in [4.69, 9.17) is 14.2 Å². The van der Waals surface area contributed by atoms with Crippen LogP contribution in [0.5, 0.6) is 5.75 Å². The quantitative estimate of drug-likeness (QED) is 0.186. The Morgan fingerprint density at radius 3 is 2.02 bits per heavy atom. The standard InChI is InChI=1S/C34H41F3O3/c1-3-5-6-7-8-9-10-20-38-31-19-18-29(33(36)34(31)37)25-14-12-24(13-15-25)26-16-17-28(30(35)21-26)27-22-39-32(11-4-2)40-23-27/h12-19,21,27,32H,3-11,20,22-23H2,1-2H3. The Bertz CT molecular complexity index is 1200. The van der Waals surface area contributed by atoms with Crippen LogP contribution in [-0.4, -0.2) is 26.1 Å². The van der Waals surface area contributed by atoms with Gasteiger partial charge in [-0.2, -0.15) is 4.39 Å². The molecule has 3 aromatic carbocycles. The Hall–Kier alpha value is -2.83. The lowest BCUT2D eigenvalue weighted by Crippen LogP contribution is -2.31. The van der Waals surface area contributed by atoms with Gasteiger partial charge in [0.2, 0.25) is 5.82 Å². The van der Waals surface area contributed by atoms with E-state index >= 15 is 4.39 Å². The van der Waals surface area contributed by atoms with E-state index in [0.717, 1.165) is 37.7 Å². The number of unbranched alkanes of at least 4 members (excludes halogenated alkanes) is 6. The molecule has 1 heterocycles. The largest absolute Gasteiger partial charge is 0.490 e. The fourth-order valence-electron chi connectivity index (χ4n) is 5.11. The molecule has 0 radical (unpaired) electrons. The SMILES string of the molecule is CCCCCCCCCOc1ccc(-c2ccc(-c3ccc(C4COC(CCC)OC4)c(F)c3)cc2)c(F)c1F. The van der Waals surface area contributed by atoms with Crippen LogP contribution in [0.15, 0.2) is 54.6 Å². The molecule has 0 saturated carbocycles. The third kappa shape index (κ3) is 7.88. The molecule has 1 aliphatic heterocycles. The van der Waals surface area contributed by atoms with E-state index in [2.05, 4.69) is 13.8 Å². The number of hydrogen-bond donors (Lipinski definition) is 0. The number of halogens is 3. The third-order valence-electron chi connectivity index (χ3n) is 7.51. The minimum absolute atomic E-state index is 0.0610. The molecule has 0 unspecified atom stereocenters. The van der Waals surface area contributed by atoms with Crippen LogP contribution in [0.2, 0.25) is 0 Å². The molecule has 3 aromatic rings. The highest BCUT2D eigenvalue weighted by Gasteiger charge is 2.25. The van der Waals surface area contributed by atoms with Crippen molar-refractivity contribution in [2.75, 3.05) is 19.8 Å². The van der Waals surface area contributed by atoms with E-state index in [1.54, 1.807) is 36.4 Å². The molecule has 0 amide bonds. The van der Waals surface area contributed by atoms with Crippen molar-refractivity contribution in [3.63, 3.8) is 0 Å². The molecule has 6 heteroatoms. The zero-order chi connectivity index (χ0) is 28.3. The summed E-state index contributed by atoms with van der Waals surface area (Å²) in [4.78, 5) is 0. The number of ether oxygens (including phenoxy) is 3. The molecule has 216 valence electrons. The molecule has 4 rings (SSSR count). The van der Waals surface area contributed by atoms with Gasteiger partial charge in [-0.3, -0.25) is 0 Å². The van der Waals surface area contributed by atoms with Crippen LogP contribution in [0.1, 0.15) is 83.1 Å².